The first kappa shape index (κ1) is 16.5. The van der Waals surface area contributed by atoms with Gasteiger partial charge in [0.1, 0.15) is 11.5 Å². The van der Waals surface area contributed by atoms with Gasteiger partial charge >= 0.3 is 0 Å². The lowest BCUT2D eigenvalue weighted by Crippen LogP contribution is -2.45. The van der Waals surface area contributed by atoms with E-state index in [1.807, 2.05) is 56.1 Å². The number of likely N-dealkylation sites (N-methyl/N-ethyl adjacent to an activating group) is 1. The Balaban J connectivity index is 1.62. The van der Waals surface area contributed by atoms with Crippen molar-refractivity contribution in [3.05, 3.63) is 47.3 Å². The van der Waals surface area contributed by atoms with Crippen molar-refractivity contribution < 1.29 is 14.1 Å². The maximum atomic E-state index is 12.6. The average Bonchev–Trinajstić information content (AvgIpc) is 2.99. The Morgan fingerprint density at radius 1 is 1.46 bits per heavy atom. The molecule has 0 saturated heterocycles. The van der Waals surface area contributed by atoms with Crippen LogP contribution in [0.1, 0.15) is 36.4 Å². The number of hydrogen-bond donors (Lipinski definition) is 1. The Labute approximate surface area is 141 Å². The Morgan fingerprint density at radius 3 is 3.00 bits per heavy atom. The van der Waals surface area contributed by atoms with Crippen molar-refractivity contribution in [1.82, 2.24) is 15.4 Å². The van der Waals surface area contributed by atoms with Gasteiger partial charge in [0.25, 0.3) is 0 Å². The highest BCUT2D eigenvalue weighted by atomic mass is 16.5. The van der Waals surface area contributed by atoms with Crippen LogP contribution in [-0.2, 0) is 11.3 Å². The summed E-state index contributed by atoms with van der Waals surface area (Å²) in [7, 11) is 1.91. The van der Waals surface area contributed by atoms with Crippen LogP contribution in [0.4, 0.5) is 0 Å². The molecule has 0 spiro atoms. The fourth-order valence-corrected chi connectivity index (χ4v) is 2.87. The minimum absolute atomic E-state index is 0.000537. The van der Waals surface area contributed by atoms with E-state index in [1.165, 1.54) is 0 Å². The third-order valence-electron chi connectivity index (χ3n) is 4.40. The number of aromatic nitrogens is 1. The quantitative estimate of drug-likeness (QED) is 0.912. The van der Waals surface area contributed by atoms with Crippen LogP contribution in [0.5, 0.6) is 5.75 Å². The van der Waals surface area contributed by atoms with Gasteiger partial charge in [-0.2, -0.15) is 0 Å². The molecule has 1 aromatic heterocycles. The lowest BCUT2D eigenvalue weighted by molar-refractivity contribution is -0.126. The van der Waals surface area contributed by atoms with Crippen LogP contribution >= 0.6 is 0 Å². The van der Waals surface area contributed by atoms with Gasteiger partial charge in [-0.25, -0.2) is 0 Å². The molecule has 2 heterocycles. The maximum Gasteiger partial charge on any atom is 0.237 e. The molecule has 1 aromatic carbocycles. The van der Waals surface area contributed by atoms with Gasteiger partial charge in [-0.1, -0.05) is 23.4 Å². The fourth-order valence-electron chi connectivity index (χ4n) is 2.87. The molecule has 6 nitrogen and oxygen atoms in total. The fraction of sp³-hybridized carbons (Fsp3) is 0.444. The third-order valence-corrected chi connectivity index (χ3v) is 4.40. The summed E-state index contributed by atoms with van der Waals surface area (Å²) >= 11 is 0. The third kappa shape index (κ3) is 3.59. The first-order valence-corrected chi connectivity index (χ1v) is 8.19. The van der Waals surface area contributed by atoms with E-state index in [0.29, 0.717) is 13.2 Å². The van der Waals surface area contributed by atoms with Crippen molar-refractivity contribution >= 4 is 5.91 Å². The normalized spacial score (nSPS) is 17.9. The molecule has 1 aliphatic heterocycles. The van der Waals surface area contributed by atoms with Crippen LogP contribution in [-0.4, -0.2) is 35.7 Å². The zero-order valence-corrected chi connectivity index (χ0v) is 14.3. The molecule has 2 atom stereocenters. The number of amides is 1. The molecule has 1 N–H and O–H groups in total. The van der Waals surface area contributed by atoms with Crippen LogP contribution in [0, 0.1) is 6.92 Å². The SMILES string of the molecule is Cc1cc(CN(C)C(C)C(=O)NC2CCOc3ccccc32)no1. The Hall–Kier alpha value is -2.34. The smallest absolute Gasteiger partial charge is 0.237 e. The Kier molecular flexibility index (Phi) is 4.85. The zero-order chi connectivity index (χ0) is 17.1. The number of ether oxygens (including phenoxy) is 1. The summed E-state index contributed by atoms with van der Waals surface area (Å²) in [6, 6.07) is 9.47. The van der Waals surface area contributed by atoms with Crippen molar-refractivity contribution in [3.63, 3.8) is 0 Å². The molecule has 128 valence electrons. The minimum Gasteiger partial charge on any atom is -0.493 e. The van der Waals surface area contributed by atoms with Gasteiger partial charge in [0.15, 0.2) is 0 Å². The number of nitrogens with one attached hydrogen (secondary N) is 1. The Bertz CT molecular complexity index is 713. The molecule has 0 radical (unpaired) electrons. The molecule has 2 aromatic rings. The summed E-state index contributed by atoms with van der Waals surface area (Å²) < 4.78 is 10.7. The first-order chi connectivity index (χ1) is 11.5. The largest absolute Gasteiger partial charge is 0.493 e. The maximum absolute atomic E-state index is 12.6. The summed E-state index contributed by atoms with van der Waals surface area (Å²) in [6.45, 7) is 4.93. The van der Waals surface area contributed by atoms with Crippen LogP contribution < -0.4 is 10.1 Å². The van der Waals surface area contributed by atoms with Gasteiger partial charge in [0.05, 0.1) is 24.4 Å². The second-order valence-corrected chi connectivity index (χ2v) is 6.26. The van der Waals surface area contributed by atoms with Gasteiger partial charge in [0.2, 0.25) is 5.91 Å². The highest BCUT2D eigenvalue weighted by Crippen LogP contribution is 2.31. The van der Waals surface area contributed by atoms with E-state index in [0.717, 1.165) is 29.2 Å². The predicted octanol–water partition coefficient (Wildman–Crippen LogP) is 2.44. The topological polar surface area (TPSA) is 67.6 Å². The molecule has 3 rings (SSSR count). The second-order valence-electron chi connectivity index (χ2n) is 6.26. The van der Waals surface area contributed by atoms with E-state index in [2.05, 4.69) is 10.5 Å². The molecular weight excluding hydrogens is 306 g/mol. The molecule has 2 unspecified atom stereocenters. The highest BCUT2D eigenvalue weighted by Gasteiger charge is 2.26. The van der Waals surface area contributed by atoms with Crippen molar-refractivity contribution in [3.8, 4) is 5.75 Å². The van der Waals surface area contributed by atoms with E-state index in [4.69, 9.17) is 9.26 Å². The van der Waals surface area contributed by atoms with Gasteiger partial charge in [-0.05, 0) is 27.0 Å². The molecule has 24 heavy (non-hydrogen) atoms. The molecule has 0 aliphatic carbocycles. The molecule has 0 saturated carbocycles. The molecule has 1 aliphatic rings. The van der Waals surface area contributed by atoms with E-state index in [-0.39, 0.29) is 18.0 Å². The van der Waals surface area contributed by atoms with Crippen LogP contribution in [0.2, 0.25) is 0 Å². The molecule has 1 amide bonds. The van der Waals surface area contributed by atoms with Crippen LogP contribution in [0.15, 0.2) is 34.9 Å². The van der Waals surface area contributed by atoms with Gasteiger partial charge in [-0.3, -0.25) is 9.69 Å². The van der Waals surface area contributed by atoms with Crippen molar-refractivity contribution in [1.29, 1.82) is 0 Å². The summed E-state index contributed by atoms with van der Waals surface area (Å²) in [4.78, 5) is 14.6. The summed E-state index contributed by atoms with van der Waals surface area (Å²) in [5.74, 6) is 1.63. The van der Waals surface area contributed by atoms with Gasteiger partial charge < -0.3 is 14.6 Å². The summed E-state index contributed by atoms with van der Waals surface area (Å²) in [5.41, 5.74) is 1.87. The van der Waals surface area contributed by atoms with Crippen LogP contribution in [0.25, 0.3) is 0 Å². The second kappa shape index (κ2) is 7.05. The van der Waals surface area contributed by atoms with E-state index in [9.17, 15) is 4.79 Å². The molecular formula is C18H23N3O3. The summed E-state index contributed by atoms with van der Waals surface area (Å²) in [5, 5.41) is 7.12. The van der Waals surface area contributed by atoms with E-state index < -0.39 is 0 Å². The number of hydrogen-bond acceptors (Lipinski definition) is 5. The van der Waals surface area contributed by atoms with Crippen molar-refractivity contribution in [2.45, 2.75) is 38.9 Å². The minimum atomic E-state index is -0.267. The van der Waals surface area contributed by atoms with Crippen molar-refractivity contribution in [2.75, 3.05) is 13.7 Å². The number of rotatable bonds is 5. The van der Waals surface area contributed by atoms with Gasteiger partial charge in [0, 0.05) is 24.6 Å². The van der Waals surface area contributed by atoms with Gasteiger partial charge in [-0.15, -0.1) is 0 Å². The van der Waals surface area contributed by atoms with Crippen molar-refractivity contribution in [2.24, 2.45) is 0 Å². The number of carbonyl (C=O) groups excluding carboxylic acids is 1. The number of fused-ring (bicyclic) bond motifs is 1. The number of aryl methyl sites for hydroxylation is 1. The Morgan fingerprint density at radius 2 is 2.25 bits per heavy atom. The highest BCUT2D eigenvalue weighted by molar-refractivity contribution is 5.81. The number of nitrogens with zero attached hydrogens (tertiary/aromatic N) is 2. The predicted molar refractivity (Wildman–Crippen MR) is 89.6 cm³/mol. The number of para-hydroxylation sites is 1. The number of carbonyl (C=O) groups is 1. The first-order valence-electron chi connectivity index (χ1n) is 8.19. The number of benzene rings is 1. The van der Waals surface area contributed by atoms with E-state index >= 15 is 0 Å². The lowest BCUT2D eigenvalue weighted by Gasteiger charge is -2.29. The standard InChI is InChI=1S/C18H23N3O3/c1-12-10-14(20-24-12)11-21(3)13(2)18(22)19-16-8-9-23-17-7-5-4-6-15(16)17/h4-7,10,13,16H,8-9,11H2,1-3H3,(H,19,22). The molecule has 6 heteroatoms. The van der Waals surface area contributed by atoms with Crippen LogP contribution in [0.3, 0.4) is 0 Å². The van der Waals surface area contributed by atoms with E-state index in [1.54, 1.807) is 0 Å². The molecule has 0 fully saturated rings. The average molecular weight is 329 g/mol. The monoisotopic (exact) mass is 329 g/mol. The molecule has 0 bridgehead atoms. The summed E-state index contributed by atoms with van der Waals surface area (Å²) in [6.07, 6.45) is 0.779. The zero-order valence-electron chi connectivity index (χ0n) is 14.3. The lowest BCUT2D eigenvalue weighted by atomic mass is 10.0.